The van der Waals surface area contributed by atoms with Crippen molar-refractivity contribution in [1.29, 1.82) is 0 Å². The number of likely N-dealkylation sites (tertiary alicyclic amines) is 1. The van der Waals surface area contributed by atoms with Crippen LogP contribution in [0.1, 0.15) is 18.4 Å². The molecule has 0 saturated carbocycles. The quantitative estimate of drug-likeness (QED) is 0.228. The summed E-state index contributed by atoms with van der Waals surface area (Å²) in [4.78, 5) is 31.0. The number of anilines is 3. The van der Waals surface area contributed by atoms with Gasteiger partial charge in [-0.2, -0.15) is 0 Å². The number of rotatable bonds is 7. The van der Waals surface area contributed by atoms with Gasteiger partial charge in [0.05, 0.1) is 22.9 Å². The van der Waals surface area contributed by atoms with Crippen molar-refractivity contribution in [2.24, 2.45) is 0 Å². The number of likely N-dealkylation sites (N-methyl/N-ethyl adjacent to an activating group) is 1. The van der Waals surface area contributed by atoms with Crippen LogP contribution < -0.4 is 15.4 Å². The van der Waals surface area contributed by atoms with Gasteiger partial charge in [0.25, 0.3) is 0 Å². The zero-order chi connectivity index (χ0) is 26.8. The van der Waals surface area contributed by atoms with E-state index in [0.29, 0.717) is 17.5 Å². The molecule has 9 nitrogen and oxygen atoms in total. The van der Waals surface area contributed by atoms with Crippen LogP contribution in [0.5, 0.6) is 11.5 Å². The summed E-state index contributed by atoms with van der Waals surface area (Å²) in [6.45, 7) is 3.06. The number of carbonyl (C=O) groups excluding carboxylic acids is 1. The first-order valence-electron chi connectivity index (χ1n) is 12.9. The fraction of sp³-hybridized carbons (Fsp3) is 0.200. The number of nitrogens with zero attached hydrogens (tertiary/aromatic N) is 4. The Hall–Kier alpha value is -4.76. The van der Waals surface area contributed by atoms with E-state index in [2.05, 4.69) is 42.5 Å². The lowest BCUT2D eigenvalue weighted by molar-refractivity contribution is -0.111. The van der Waals surface area contributed by atoms with Crippen LogP contribution in [0.2, 0.25) is 0 Å². The van der Waals surface area contributed by atoms with Gasteiger partial charge in [0.2, 0.25) is 5.91 Å². The maximum Gasteiger partial charge on any atom is 0.248 e. The number of carbonyl (C=O) groups is 1. The van der Waals surface area contributed by atoms with Crippen LogP contribution in [0.3, 0.4) is 0 Å². The van der Waals surface area contributed by atoms with Gasteiger partial charge in [-0.15, -0.1) is 0 Å². The van der Waals surface area contributed by atoms with Crippen molar-refractivity contribution in [2.45, 2.75) is 25.8 Å². The molecule has 3 aromatic carbocycles. The Morgan fingerprint density at radius 2 is 1.92 bits per heavy atom. The second-order valence-electron chi connectivity index (χ2n) is 9.78. The summed E-state index contributed by atoms with van der Waals surface area (Å²) in [7, 11) is 2.08. The molecule has 5 aromatic rings. The monoisotopic (exact) mass is 519 g/mol. The fourth-order valence-corrected chi connectivity index (χ4v) is 4.88. The van der Waals surface area contributed by atoms with Crippen LogP contribution in [0.15, 0.2) is 79.4 Å². The van der Waals surface area contributed by atoms with Crippen molar-refractivity contribution in [3.05, 3.63) is 85.0 Å². The number of aromatic amines is 1. The average molecular weight is 520 g/mol. The molecule has 1 atom stereocenters. The molecule has 3 N–H and O–H groups in total. The summed E-state index contributed by atoms with van der Waals surface area (Å²) in [6.07, 6.45) is 9.03. The molecule has 1 saturated heterocycles. The van der Waals surface area contributed by atoms with Crippen LogP contribution in [0, 0.1) is 6.92 Å². The van der Waals surface area contributed by atoms with E-state index in [9.17, 15) is 4.79 Å². The van der Waals surface area contributed by atoms with E-state index in [1.54, 1.807) is 12.4 Å². The van der Waals surface area contributed by atoms with Gasteiger partial charge in [0, 0.05) is 34.9 Å². The molecule has 1 unspecified atom stereocenters. The largest absolute Gasteiger partial charge is 0.457 e. The van der Waals surface area contributed by atoms with E-state index in [1.165, 1.54) is 6.33 Å². The van der Waals surface area contributed by atoms with Gasteiger partial charge in [0.1, 0.15) is 23.6 Å². The fourth-order valence-electron chi connectivity index (χ4n) is 4.88. The van der Waals surface area contributed by atoms with E-state index >= 15 is 0 Å². The van der Waals surface area contributed by atoms with E-state index in [1.807, 2.05) is 67.6 Å². The lowest BCUT2D eigenvalue weighted by Gasteiger charge is -2.14. The molecule has 1 fully saturated rings. The van der Waals surface area contributed by atoms with Crippen molar-refractivity contribution in [1.82, 2.24) is 24.8 Å². The Labute approximate surface area is 226 Å². The number of ether oxygens (including phenoxy) is 1. The molecule has 9 heteroatoms. The third kappa shape index (κ3) is 5.44. The molecule has 1 amide bonds. The SMILES string of the molecule is Cc1cc(Nc2ncnc3ccc(NC(=O)/C=C/C4CCCN4C)cc23)ccc1Oc1ccc2nc[nH]c2c1. The number of aryl methyl sites for hydroxylation is 1. The lowest BCUT2D eigenvalue weighted by Crippen LogP contribution is -2.23. The van der Waals surface area contributed by atoms with Gasteiger partial charge in [-0.25, -0.2) is 15.0 Å². The number of fused-ring (bicyclic) bond motifs is 2. The van der Waals surface area contributed by atoms with Crippen LogP contribution in [-0.2, 0) is 4.79 Å². The van der Waals surface area contributed by atoms with Gasteiger partial charge in [-0.1, -0.05) is 6.08 Å². The Balaban J connectivity index is 1.18. The number of H-pyrrole nitrogens is 1. The highest BCUT2D eigenvalue weighted by Gasteiger charge is 2.18. The van der Waals surface area contributed by atoms with E-state index in [4.69, 9.17) is 4.74 Å². The highest BCUT2D eigenvalue weighted by atomic mass is 16.5. The minimum Gasteiger partial charge on any atom is -0.457 e. The number of hydrogen-bond acceptors (Lipinski definition) is 7. The summed E-state index contributed by atoms with van der Waals surface area (Å²) in [5.74, 6) is 1.99. The molecule has 0 radical (unpaired) electrons. The van der Waals surface area contributed by atoms with Gasteiger partial charge in [0.15, 0.2) is 0 Å². The van der Waals surface area contributed by atoms with E-state index in [0.717, 1.165) is 64.1 Å². The molecule has 2 aromatic heterocycles. The minimum atomic E-state index is -0.154. The van der Waals surface area contributed by atoms with Crippen LogP contribution in [0.4, 0.5) is 17.2 Å². The predicted octanol–water partition coefficient (Wildman–Crippen LogP) is 5.94. The van der Waals surface area contributed by atoms with E-state index < -0.39 is 0 Å². The number of amides is 1. The number of hydrogen-bond donors (Lipinski definition) is 3. The van der Waals surface area contributed by atoms with Gasteiger partial charge in [-0.3, -0.25) is 9.69 Å². The van der Waals surface area contributed by atoms with Gasteiger partial charge < -0.3 is 20.4 Å². The molecule has 39 heavy (non-hydrogen) atoms. The topological polar surface area (TPSA) is 108 Å². The molecule has 6 rings (SSSR count). The third-order valence-corrected chi connectivity index (χ3v) is 7.01. The highest BCUT2D eigenvalue weighted by Crippen LogP contribution is 2.31. The molecule has 0 aliphatic carbocycles. The van der Waals surface area contributed by atoms with Crippen LogP contribution in [0.25, 0.3) is 21.9 Å². The van der Waals surface area contributed by atoms with E-state index in [-0.39, 0.29) is 5.91 Å². The zero-order valence-corrected chi connectivity index (χ0v) is 21.8. The number of nitrogens with one attached hydrogen (secondary N) is 3. The van der Waals surface area contributed by atoms with Crippen molar-refractivity contribution in [3.8, 4) is 11.5 Å². The van der Waals surface area contributed by atoms with Crippen LogP contribution in [-0.4, -0.2) is 50.4 Å². The Bertz CT molecular complexity index is 1690. The second-order valence-corrected chi connectivity index (χ2v) is 9.78. The maximum atomic E-state index is 12.6. The molecule has 0 spiro atoms. The average Bonchev–Trinajstić information content (AvgIpc) is 3.57. The Morgan fingerprint density at radius 1 is 1.05 bits per heavy atom. The predicted molar refractivity (Wildman–Crippen MR) is 154 cm³/mol. The first-order valence-corrected chi connectivity index (χ1v) is 12.9. The molecule has 196 valence electrons. The van der Waals surface area contributed by atoms with Gasteiger partial charge in [-0.05, 0) is 87.5 Å². The molecule has 3 heterocycles. The van der Waals surface area contributed by atoms with Crippen molar-refractivity contribution in [2.75, 3.05) is 24.2 Å². The van der Waals surface area contributed by atoms with Crippen molar-refractivity contribution >= 4 is 45.0 Å². The summed E-state index contributed by atoms with van der Waals surface area (Å²) in [5.41, 5.74) is 5.11. The highest BCUT2D eigenvalue weighted by molar-refractivity contribution is 6.02. The number of benzene rings is 3. The zero-order valence-electron chi connectivity index (χ0n) is 21.8. The second kappa shape index (κ2) is 10.5. The standard InChI is InChI=1S/C30H29N7O2/c1-19-14-20(6-11-28(19)39-23-8-10-26-27(16-23)33-17-32-26)36-30-24-15-21(5-9-25(24)31-18-34-30)35-29(38)12-7-22-4-3-13-37(22)2/h5-12,14-18,22H,3-4,13H2,1-2H3,(H,32,33)(H,35,38)(H,31,34,36)/b12-7+. The van der Waals surface area contributed by atoms with Gasteiger partial charge >= 0.3 is 0 Å². The first kappa shape index (κ1) is 24.6. The normalized spacial score (nSPS) is 15.8. The summed E-state index contributed by atoms with van der Waals surface area (Å²) < 4.78 is 6.12. The summed E-state index contributed by atoms with van der Waals surface area (Å²) in [6, 6.07) is 17.6. The number of imidazole rings is 1. The Morgan fingerprint density at radius 3 is 2.77 bits per heavy atom. The minimum absolute atomic E-state index is 0.154. The maximum absolute atomic E-state index is 12.6. The van der Waals surface area contributed by atoms with Crippen molar-refractivity contribution in [3.63, 3.8) is 0 Å². The molecular weight excluding hydrogens is 490 g/mol. The smallest absolute Gasteiger partial charge is 0.248 e. The third-order valence-electron chi connectivity index (χ3n) is 7.01. The molecule has 0 bridgehead atoms. The molecular formula is C30H29N7O2. The lowest BCUT2D eigenvalue weighted by atomic mass is 10.1. The number of aromatic nitrogens is 4. The van der Waals surface area contributed by atoms with Crippen LogP contribution >= 0.6 is 0 Å². The Kier molecular flexibility index (Phi) is 6.64. The van der Waals surface area contributed by atoms with Crippen molar-refractivity contribution < 1.29 is 9.53 Å². The molecule has 1 aliphatic heterocycles. The summed E-state index contributed by atoms with van der Waals surface area (Å²) >= 11 is 0. The first-order chi connectivity index (χ1) is 19.0. The molecule has 1 aliphatic rings. The summed E-state index contributed by atoms with van der Waals surface area (Å²) in [5, 5.41) is 7.16.